The molecular weight excluding hydrogens is 334 g/mol. The summed E-state index contributed by atoms with van der Waals surface area (Å²) in [6.45, 7) is 7.56. The third kappa shape index (κ3) is 5.09. The van der Waals surface area contributed by atoms with E-state index in [1.165, 1.54) is 6.26 Å². The van der Waals surface area contributed by atoms with E-state index in [-0.39, 0.29) is 29.4 Å². The van der Waals surface area contributed by atoms with Crippen molar-refractivity contribution in [1.82, 2.24) is 15.5 Å². The molecule has 2 N–H and O–H groups in total. The van der Waals surface area contributed by atoms with Gasteiger partial charge in [-0.05, 0) is 37.3 Å². The zero-order valence-electron chi connectivity index (χ0n) is 15.8. The van der Waals surface area contributed by atoms with Crippen LogP contribution in [0, 0.1) is 11.8 Å². The summed E-state index contributed by atoms with van der Waals surface area (Å²) >= 11 is 0. The Labute approximate surface area is 154 Å². The van der Waals surface area contributed by atoms with Crippen molar-refractivity contribution in [3.05, 3.63) is 24.2 Å². The summed E-state index contributed by atoms with van der Waals surface area (Å²) in [6.07, 6.45) is 3.64. The SMILES string of the molecule is CCCNC(=O)C1CCN(C(=O)C(NC(=O)c2ccco2)C(C)C)CC1. The first-order valence-corrected chi connectivity index (χ1v) is 9.34. The zero-order valence-corrected chi connectivity index (χ0v) is 15.8. The maximum Gasteiger partial charge on any atom is 0.287 e. The summed E-state index contributed by atoms with van der Waals surface area (Å²) in [7, 11) is 0. The fourth-order valence-electron chi connectivity index (χ4n) is 3.08. The maximum atomic E-state index is 12.9. The highest BCUT2D eigenvalue weighted by Crippen LogP contribution is 2.19. The Balaban J connectivity index is 1.91. The summed E-state index contributed by atoms with van der Waals surface area (Å²) in [5, 5.41) is 5.69. The minimum atomic E-state index is -0.613. The molecule has 0 aromatic carbocycles. The summed E-state index contributed by atoms with van der Waals surface area (Å²) in [6, 6.07) is 2.59. The largest absolute Gasteiger partial charge is 0.459 e. The predicted octanol–water partition coefficient (Wildman–Crippen LogP) is 1.80. The van der Waals surface area contributed by atoms with Gasteiger partial charge in [0.15, 0.2) is 5.76 Å². The molecule has 0 radical (unpaired) electrons. The van der Waals surface area contributed by atoms with Crippen molar-refractivity contribution in [2.75, 3.05) is 19.6 Å². The number of rotatable bonds is 7. The van der Waals surface area contributed by atoms with Crippen molar-refractivity contribution >= 4 is 17.7 Å². The van der Waals surface area contributed by atoms with Crippen LogP contribution in [0.5, 0.6) is 0 Å². The molecule has 0 bridgehead atoms. The number of hydrogen-bond donors (Lipinski definition) is 2. The predicted molar refractivity (Wildman–Crippen MR) is 97.4 cm³/mol. The summed E-state index contributed by atoms with van der Waals surface area (Å²) < 4.78 is 5.09. The van der Waals surface area contributed by atoms with E-state index < -0.39 is 11.9 Å². The van der Waals surface area contributed by atoms with Gasteiger partial charge in [-0.3, -0.25) is 14.4 Å². The number of hydrogen-bond acceptors (Lipinski definition) is 4. The molecule has 1 atom stereocenters. The van der Waals surface area contributed by atoms with Gasteiger partial charge in [0.25, 0.3) is 5.91 Å². The van der Waals surface area contributed by atoms with E-state index in [1.54, 1.807) is 17.0 Å². The van der Waals surface area contributed by atoms with Crippen LogP contribution in [0.3, 0.4) is 0 Å². The number of amides is 3. The number of likely N-dealkylation sites (tertiary alicyclic amines) is 1. The molecule has 1 aliphatic heterocycles. The Morgan fingerprint density at radius 1 is 1.27 bits per heavy atom. The summed E-state index contributed by atoms with van der Waals surface area (Å²) in [5.74, 6) is -0.323. The monoisotopic (exact) mass is 363 g/mol. The minimum Gasteiger partial charge on any atom is -0.459 e. The van der Waals surface area contributed by atoms with E-state index in [4.69, 9.17) is 4.42 Å². The first-order chi connectivity index (χ1) is 12.4. The van der Waals surface area contributed by atoms with Gasteiger partial charge in [-0.25, -0.2) is 0 Å². The highest BCUT2D eigenvalue weighted by atomic mass is 16.3. The van der Waals surface area contributed by atoms with Crippen molar-refractivity contribution < 1.29 is 18.8 Å². The summed E-state index contributed by atoms with van der Waals surface area (Å²) in [4.78, 5) is 38.9. The molecule has 144 valence electrons. The number of nitrogens with one attached hydrogen (secondary N) is 2. The number of nitrogens with zero attached hydrogens (tertiary/aromatic N) is 1. The first-order valence-electron chi connectivity index (χ1n) is 9.34. The van der Waals surface area contributed by atoms with E-state index in [1.807, 2.05) is 20.8 Å². The van der Waals surface area contributed by atoms with Crippen LogP contribution in [0.4, 0.5) is 0 Å². The van der Waals surface area contributed by atoms with E-state index in [2.05, 4.69) is 10.6 Å². The fourth-order valence-corrected chi connectivity index (χ4v) is 3.08. The van der Waals surface area contributed by atoms with Crippen LogP contribution < -0.4 is 10.6 Å². The van der Waals surface area contributed by atoms with Crippen LogP contribution in [0.1, 0.15) is 50.6 Å². The van der Waals surface area contributed by atoms with E-state index in [0.717, 1.165) is 6.42 Å². The van der Waals surface area contributed by atoms with Crippen LogP contribution in [-0.4, -0.2) is 48.3 Å². The molecule has 1 aliphatic rings. The molecule has 7 heteroatoms. The van der Waals surface area contributed by atoms with Crippen LogP contribution in [-0.2, 0) is 9.59 Å². The van der Waals surface area contributed by atoms with E-state index >= 15 is 0 Å². The zero-order chi connectivity index (χ0) is 19.1. The lowest BCUT2D eigenvalue weighted by atomic mass is 9.94. The lowest BCUT2D eigenvalue weighted by Gasteiger charge is -2.34. The second-order valence-electron chi connectivity index (χ2n) is 7.06. The molecule has 7 nitrogen and oxygen atoms in total. The number of furan rings is 1. The van der Waals surface area contributed by atoms with Gasteiger partial charge >= 0.3 is 0 Å². The smallest absolute Gasteiger partial charge is 0.287 e. The molecule has 1 unspecified atom stereocenters. The number of carbonyl (C=O) groups excluding carboxylic acids is 3. The van der Waals surface area contributed by atoms with Crippen LogP contribution >= 0.6 is 0 Å². The number of piperidine rings is 1. The second kappa shape index (κ2) is 9.40. The maximum absolute atomic E-state index is 12.9. The van der Waals surface area contributed by atoms with Crippen LogP contribution in [0.15, 0.2) is 22.8 Å². The van der Waals surface area contributed by atoms with E-state index in [9.17, 15) is 14.4 Å². The highest BCUT2D eigenvalue weighted by Gasteiger charge is 2.33. The molecule has 3 amide bonds. The standard InChI is InChI=1S/C19H29N3O4/c1-4-9-20-17(23)14-7-10-22(11-8-14)19(25)16(13(2)3)21-18(24)15-6-5-12-26-15/h5-6,12-14,16H,4,7-11H2,1-3H3,(H,20,23)(H,21,24). The van der Waals surface area contributed by atoms with Crippen molar-refractivity contribution in [2.45, 2.75) is 46.1 Å². The molecule has 1 fully saturated rings. The van der Waals surface area contributed by atoms with Crippen molar-refractivity contribution in [2.24, 2.45) is 11.8 Å². The van der Waals surface area contributed by atoms with Crippen LogP contribution in [0.2, 0.25) is 0 Å². The minimum absolute atomic E-state index is 0.0409. The Morgan fingerprint density at radius 2 is 1.96 bits per heavy atom. The van der Waals surface area contributed by atoms with E-state index in [0.29, 0.717) is 32.5 Å². The van der Waals surface area contributed by atoms with Gasteiger partial charge in [0.1, 0.15) is 6.04 Å². The molecule has 1 saturated heterocycles. The Hall–Kier alpha value is -2.31. The van der Waals surface area contributed by atoms with Gasteiger partial charge in [0.05, 0.1) is 6.26 Å². The van der Waals surface area contributed by atoms with Gasteiger partial charge in [-0.2, -0.15) is 0 Å². The average Bonchev–Trinajstić information content (AvgIpc) is 3.18. The normalized spacial score (nSPS) is 16.4. The van der Waals surface area contributed by atoms with Crippen LogP contribution in [0.25, 0.3) is 0 Å². The second-order valence-corrected chi connectivity index (χ2v) is 7.06. The molecule has 2 heterocycles. The molecule has 0 saturated carbocycles. The summed E-state index contributed by atoms with van der Waals surface area (Å²) in [5.41, 5.74) is 0. The van der Waals surface area contributed by atoms with Gasteiger partial charge in [-0.15, -0.1) is 0 Å². The molecule has 1 aromatic heterocycles. The molecular formula is C19H29N3O4. The molecule has 0 aliphatic carbocycles. The molecule has 1 aromatic rings. The van der Waals surface area contributed by atoms with Crippen molar-refractivity contribution in [3.8, 4) is 0 Å². The van der Waals surface area contributed by atoms with Crippen molar-refractivity contribution in [3.63, 3.8) is 0 Å². The Kier molecular flexibility index (Phi) is 7.24. The Morgan fingerprint density at radius 3 is 2.50 bits per heavy atom. The average molecular weight is 363 g/mol. The topological polar surface area (TPSA) is 91.7 Å². The first kappa shape index (κ1) is 20.0. The quantitative estimate of drug-likeness (QED) is 0.773. The lowest BCUT2D eigenvalue weighted by Crippen LogP contribution is -2.53. The molecule has 2 rings (SSSR count). The Bertz CT molecular complexity index is 604. The van der Waals surface area contributed by atoms with Gasteiger partial charge < -0.3 is 20.0 Å². The molecule has 26 heavy (non-hydrogen) atoms. The van der Waals surface area contributed by atoms with Gasteiger partial charge in [0, 0.05) is 25.6 Å². The van der Waals surface area contributed by atoms with Crippen molar-refractivity contribution in [1.29, 1.82) is 0 Å². The van der Waals surface area contributed by atoms with Gasteiger partial charge in [-0.1, -0.05) is 20.8 Å². The third-order valence-electron chi connectivity index (χ3n) is 4.69. The fraction of sp³-hybridized carbons (Fsp3) is 0.632. The highest BCUT2D eigenvalue weighted by molar-refractivity contribution is 5.95. The third-order valence-corrected chi connectivity index (χ3v) is 4.69. The number of carbonyl (C=O) groups is 3. The lowest BCUT2D eigenvalue weighted by molar-refractivity contribution is -0.138. The van der Waals surface area contributed by atoms with Gasteiger partial charge in [0.2, 0.25) is 11.8 Å². The molecule has 0 spiro atoms.